The normalized spacial score (nSPS) is 11.5. The van der Waals surface area contributed by atoms with Gasteiger partial charge in [-0.25, -0.2) is 0 Å². The van der Waals surface area contributed by atoms with Crippen molar-refractivity contribution in [3.63, 3.8) is 0 Å². The minimum atomic E-state index is 1.12. The molecule has 0 aliphatic heterocycles. The molecule has 0 aliphatic rings. The van der Waals surface area contributed by atoms with Gasteiger partial charge in [-0.05, 0) is 103 Å². The molecule has 0 saturated carbocycles. The molecule has 0 aliphatic carbocycles. The van der Waals surface area contributed by atoms with E-state index in [1.165, 1.54) is 76.7 Å². The summed E-state index contributed by atoms with van der Waals surface area (Å²) in [7, 11) is 0. The van der Waals surface area contributed by atoms with Gasteiger partial charge < -0.3 is 4.57 Å². The van der Waals surface area contributed by atoms with Crippen LogP contribution in [-0.4, -0.2) is 4.57 Å². The molecule has 0 fully saturated rings. The van der Waals surface area contributed by atoms with Gasteiger partial charge in [0, 0.05) is 16.5 Å². The zero-order chi connectivity index (χ0) is 31.3. The van der Waals surface area contributed by atoms with Crippen LogP contribution in [0.5, 0.6) is 0 Å². The highest BCUT2D eigenvalue weighted by Crippen LogP contribution is 2.45. The van der Waals surface area contributed by atoms with Gasteiger partial charge in [0.1, 0.15) is 0 Å². The molecule has 9 aromatic rings. The Balaban J connectivity index is 1.34. The monoisotopic (exact) mass is 597 g/mol. The molecule has 47 heavy (non-hydrogen) atoms. The molecule has 0 amide bonds. The number of nitrogens with zero attached hydrogens (tertiary/aromatic N) is 1. The highest BCUT2D eigenvalue weighted by Gasteiger charge is 2.18. The first-order chi connectivity index (χ1) is 23.3. The van der Waals surface area contributed by atoms with E-state index in [4.69, 9.17) is 0 Å². The summed E-state index contributed by atoms with van der Waals surface area (Å²) in [6.45, 7) is 4.05. The van der Waals surface area contributed by atoms with E-state index in [1.54, 1.807) is 0 Å². The number of aromatic nitrogens is 1. The van der Waals surface area contributed by atoms with Crippen molar-refractivity contribution in [3.8, 4) is 39.1 Å². The number of para-hydroxylation sites is 1. The maximum absolute atomic E-state index is 4.05. The van der Waals surface area contributed by atoms with E-state index in [-0.39, 0.29) is 0 Å². The van der Waals surface area contributed by atoms with Crippen molar-refractivity contribution in [1.29, 1.82) is 0 Å². The number of benzene rings is 8. The molecule has 0 spiro atoms. The Bertz CT molecular complexity index is 2610. The Hall–Kier alpha value is -6.18. The van der Waals surface area contributed by atoms with Gasteiger partial charge in [-0.1, -0.05) is 140 Å². The van der Waals surface area contributed by atoms with Crippen LogP contribution < -0.4 is 0 Å². The fourth-order valence-electron chi connectivity index (χ4n) is 7.39. The summed E-state index contributed by atoms with van der Waals surface area (Å²) in [6, 6.07) is 61.7. The van der Waals surface area contributed by atoms with Crippen LogP contribution in [0.25, 0.3) is 88.5 Å². The molecule has 0 radical (unpaired) electrons. The summed E-state index contributed by atoms with van der Waals surface area (Å²) < 4.78 is 2.37. The summed E-state index contributed by atoms with van der Waals surface area (Å²) in [4.78, 5) is 0. The van der Waals surface area contributed by atoms with Crippen molar-refractivity contribution in [2.45, 2.75) is 0 Å². The van der Waals surface area contributed by atoms with E-state index in [2.05, 4.69) is 181 Å². The molecule has 0 saturated heterocycles. The third-order valence-corrected chi connectivity index (χ3v) is 9.52. The number of hydrogen-bond acceptors (Lipinski definition) is 0. The molecule has 220 valence electrons. The minimum Gasteiger partial charge on any atom is -0.309 e. The molecule has 1 heterocycles. The molecule has 0 unspecified atom stereocenters. The van der Waals surface area contributed by atoms with Gasteiger partial charge in [0.05, 0.1) is 11.0 Å². The molecule has 0 N–H and O–H groups in total. The van der Waals surface area contributed by atoms with Crippen LogP contribution in [-0.2, 0) is 0 Å². The number of rotatable bonds is 5. The third-order valence-electron chi connectivity index (χ3n) is 9.52. The van der Waals surface area contributed by atoms with Crippen LogP contribution in [0.15, 0.2) is 176 Å². The zero-order valence-corrected chi connectivity index (χ0v) is 25.9. The van der Waals surface area contributed by atoms with Crippen LogP contribution in [0.2, 0.25) is 0 Å². The van der Waals surface area contributed by atoms with E-state index in [1.807, 2.05) is 6.08 Å². The van der Waals surface area contributed by atoms with Crippen LogP contribution in [0.1, 0.15) is 5.56 Å². The Morgan fingerprint density at radius 3 is 1.45 bits per heavy atom. The lowest BCUT2D eigenvalue weighted by Gasteiger charge is -2.18. The van der Waals surface area contributed by atoms with Crippen LogP contribution in [0.3, 0.4) is 0 Å². The summed E-state index contributed by atoms with van der Waals surface area (Å²) in [5, 5.41) is 7.51. The second kappa shape index (κ2) is 11.0. The lowest BCUT2D eigenvalue weighted by molar-refractivity contribution is 1.18. The molecule has 1 heteroatoms. The Morgan fingerprint density at radius 1 is 0.362 bits per heavy atom. The van der Waals surface area contributed by atoms with Crippen molar-refractivity contribution < 1.29 is 0 Å². The summed E-state index contributed by atoms with van der Waals surface area (Å²) in [5.74, 6) is 0. The quantitative estimate of drug-likeness (QED) is 0.174. The highest BCUT2D eigenvalue weighted by molar-refractivity contribution is 6.22. The van der Waals surface area contributed by atoms with Crippen LogP contribution >= 0.6 is 0 Å². The SMILES string of the molecule is C=Cc1ccc2c(c1)c1cc(-c3ccc4c(-c5ccccc5)c5ccccc5c(-c5ccccc5)c4c3)ccc1n2-c1ccccc1. The Labute approximate surface area is 274 Å². The van der Waals surface area contributed by atoms with Gasteiger partial charge in [-0.15, -0.1) is 0 Å². The molecular formula is C46H31N. The van der Waals surface area contributed by atoms with E-state index in [9.17, 15) is 0 Å². The van der Waals surface area contributed by atoms with Gasteiger partial charge in [0.15, 0.2) is 0 Å². The topological polar surface area (TPSA) is 4.93 Å². The first-order valence-corrected chi connectivity index (χ1v) is 16.1. The second-order valence-electron chi connectivity index (χ2n) is 12.2. The van der Waals surface area contributed by atoms with Gasteiger partial charge in [-0.2, -0.15) is 0 Å². The average Bonchev–Trinajstić information content (AvgIpc) is 3.47. The molecule has 8 aromatic carbocycles. The minimum absolute atomic E-state index is 1.12. The smallest absolute Gasteiger partial charge is 0.0541 e. The molecule has 9 rings (SSSR count). The third kappa shape index (κ3) is 4.40. The van der Waals surface area contributed by atoms with Crippen molar-refractivity contribution in [2.24, 2.45) is 0 Å². The van der Waals surface area contributed by atoms with E-state index >= 15 is 0 Å². The van der Waals surface area contributed by atoms with E-state index in [0.29, 0.717) is 0 Å². The molecule has 0 bridgehead atoms. The van der Waals surface area contributed by atoms with Crippen molar-refractivity contribution in [1.82, 2.24) is 4.57 Å². The maximum atomic E-state index is 4.05. The van der Waals surface area contributed by atoms with Crippen LogP contribution in [0.4, 0.5) is 0 Å². The largest absolute Gasteiger partial charge is 0.309 e. The van der Waals surface area contributed by atoms with E-state index in [0.717, 1.165) is 11.3 Å². The summed E-state index contributed by atoms with van der Waals surface area (Å²) in [6.07, 6.45) is 1.93. The van der Waals surface area contributed by atoms with Crippen LogP contribution in [0, 0.1) is 0 Å². The predicted molar refractivity (Wildman–Crippen MR) is 202 cm³/mol. The maximum Gasteiger partial charge on any atom is 0.0541 e. The summed E-state index contributed by atoms with van der Waals surface area (Å²) >= 11 is 0. The zero-order valence-electron chi connectivity index (χ0n) is 25.9. The van der Waals surface area contributed by atoms with E-state index < -0.39 is 0 Å². The van der Waals surface area contributed by atoms with Crippen molar-refractivity contribution >= 4 is 49.4 Å². The fourth-order valence-corrected chi connectivity index (χ4v) is 7.39. The van der Waals surface area contributed by atoms with Gasteiger partial charge in [0.25, 0.3) is 0 Å². The fraction of sp³-hybridized carbons (Fsp3) is 0. The number of hydrogen-bond donors (Lipinski definition) is 0. The van der Waals surface area contributed by atoms with Gasteiger partial charge in [0.2, 0.25) is 0 Å². The predicted octanol–water partition coefficient (Wildman–Crippen LogP) is 12.7. The molecule has 0 atom stereocenters. The highest BCUT2D eigenvalue weighted by atomic mass is 15.0. The Kier molecular flexibility index (Phi) is 6.36. The number of fused-ring (bicyclic) bond motifs is 5. The lowest BCUT2D eigenvalue weighted by atomic mass is 9.85. The first-order valence-electron chi connectivity index (χ1n) is 16.1. The molecule has 1 aromatic heterocycles. The first kappa shape index (κ1) is 27.2. The van der Waals surface area contributed by atoms with Gasteiger partial charge in [-0.3, -0.25) is 0 Å². The van der Waals surface area contributed by atoms with Gasteiger partial charge >= 0.3 is 0 Å². The summed E-state index contributed by atoms with van der Waals surface area (Å²) in [5.41, 5.74) is 12.1. The average molecular weight is 598 g/mol. The molecule has 1 nitrogen and oxygen atoms in total. The molecular weight excluding hydrogens is 567 g/mol. The van der Waals surface area contributed by atoms with Crippen molar-refractivity contribution in [3.05, 3.63) is 182 Å². The van der Waals surface area contributed by atoms with Crippen molar-refractivity contribution in [2.75, 3.05) is 0 Å². The second-order valence-corrected chi connectivity index (χ2v) is 12.2. The Morgan fingerprint density at radius 2 is 0.830 bits per heavy atom. The standard InChI is InChI=1S/C46H31N/c1-2-31-22-26-43-40(28-31)41-29-35(24-27-44(41)47(43)36-18-10-5-11-19-36)34-23-25-39-42(30-34)46(33-16-8-4-9-17-33)38-21-13-12-20-37(38)45(39)32-14-6-3-7-15-32/h2-30H,1H2. The lowest BCUT2D eigenvalue weighted by Crippen LogP contribution is -1.93.